The van der Waals surface area contributed by atoms with Crippen LogP contribution in [0.4, 0.5) is 5.69 Å². The average Bonchev–Trinajstić information content (AvgIpc) is 2.45. The van der Waals surface area contributed by atoms with E-state index in [1.165, 1.54) is 0 Å². The van der Waals surface area contributed by atoms with Crippen LogP contribution in [0, 0.1) is 0 Å². The Labute approximate surface area is 137 Å². The molecule has 0 atom stereocenters. The second kappa shape index (κ2) is 7.26. The van der Waals surface area contributed by atoms with E-state index in [-0.39, 0.29) is 11.0 Å². The van der Waals surface area contributed by atoms with E-state index in [9.17, 15) is 4.79 Å². The summed E-state index contributed by atoms with van der Waals surface area (Å²) in [6, 6.07) is 13.8. The van der Waals surface area contributed by atoms with E-state index < -0.39 is 0 Å². The van der Waals surface area contributed by atoms with Crippen molar-refractivity contribution in [3.05, 3.63) is 64.1 Å². The van der Waals surface area contributed by atoms with Crippen molar-refractivity contribution in [2.75, 3.05) is 5.32 Å². The van der Waals surface area contributed by atoms with Crippen LogP contribution in [0.25, 0.3) is 0 Å². The summed E-state index contributed by atoms with van der Waals surface area (Å²) in [7, 11) is 0. The monoisotopic (exact) mass is 339 g/mol. The highest BCUT2D eigenvalue weighted by Crippen LogP contribution is 2.15. The Balaban J connectivity index is 1.90. The van der Waals surface area contributed by atoms with Crippen LogP contribution in [-0.2, 0) is 0 Å². The number of benzene rings is 2. The normalized spacial score (nSPS) is 9.81. The van der Waals surface area contributed by atoms with Crippen LogP contribution in [0.2, 0.25) is 10.0 Å². The molecule has 0 saturated heterocycles. The minimum atomic E-state index is -0.379. The Kier molecular flexibility index (Phi) is 5.38. The van der Waals surface area contributed by atoms with Crippen molar-refractivity contribution in [3.63, 3.8) is 0 Å². The molecule has 0 saturated carbocycles. The predicted molar refractivity (Wildman–Crippen MR) is 89.7 cm³/mol. The number of hydrazine groups is 1. The molecule has 3 N–H and O–H groups in total. The van der Waals surface area contributed by atoms with Gasteiger partial charge in [0.15, 0.2) is 5.11 Å². The first-order valence-electron chi connectivity index (χ1n) is 5.93. The molecule has 0 heterocycles. The van der Waals surface area contributed by atoms with Crippen molar-refractivity contribution in [3.8, 4) is 0 Å². The van der Waals surface area contributed by atoms with Gasteiger partial charge in [-0.1, -0.05) is 41.4 Å². The summed E-state index contributed by atoms with van der Waals surface area (Å²) in [6.45, 7) is 0. The second-order valence-corrected chi connectivity index (χ2v) is 5.28. The van der Waals surface area contributed by atoms with Crippen molar-refractivity contribution in [1.82, 2.24) is 10.9 Å². The molecule has 1 amide bonds. The highest BCUT2D eigenvalue weighted by Gasteiger charge is 2.09. The average molecular weight is 340 g/mol. The summed E-state index contributed by atoms with van der Waals surface area (Å²) in [4.78, 5) is 11.9. The number of rotatable bonds is 2. The van der Waals surface area contributed by atoms with E-state index in [4.69, 9.17) is 35.4 Å². The topological polar surface area (TPSA) is 53.2 Å². The van der Waals surface area contributed by atoms with Crippen molar-refractivity contribution in [2.45, 2.75) is 0 Å². The lowest BCUT2D eigenvalue weighted by atomic mass is 10.2. The zero-order chi connectivity index (χ0) is 15.2. The van der Waals surface area contributed by atoms with Crippen LogP contribution in [0.5, 0.6) is 0 Å². The molecule has 0 spiro atoms. The summed E-state index contributed by atoms with van der Waals surface area (Å²) >= 11 is 16.9. The molecule has 0 fully saturated rings. The van der Waals surface area contributed by atoms with Gasteiger partial charge in [-0.2, -0.15) is 0 Å². The fourth-order valence-electron chi connectivity index (χ4n) is 1.55. The third-order valence-electron chi connectivity index (χ3n) is 2.49. The van der Waals surface area contributed by atoms with Crippen molar-refractivity contribution in [2.24, 2.45) is 0 Å². The lowest BCUT2D eigenvalue weighted by Gasteiger charge is -2.12. The fourth-order valence-corrected chi connectivity index (χ4v) is 2.14. The molecule has 0 radical (unpaired) electrons. The number of anilines is 1. The van der Waals surface area contributed by atoms with Crippen LogP contribution < -0.4 is 16.2 Å². The van der Waals surface area contributed by atoms with Crippen molar-refractivity contribution < 1.29 is 4.79 Å². The number of amides is 1. The molecule has 0 unspecified atom stereocenters. The molecule has 0 aliphatic rings. The number of carbonyl (C=O) groups is 1. The van der Waals surface area contributed by atoms with Crippen LogP contribution in [-0.4, -0.2) is 11.0 Å². The molecular formula is C14H11Cl2N3OS. The standard InChI is InChI=1S/C14H11Cl2N3OS/c15-9-4-3-5-10(8-9)17-14(21)19-18-13(20)11-6-1-2-7-12(11)16/h1-8H,(H,18,20)(H2,17,19,21). The number of carbonyl (C=O) groups excluding carboxylic acids is 1. The van der Waals surface area contributed by atoms with Gasteiger partial charge in [0.1, 0.15) is 0 Å². The molecule has 0 aliphatic carbocycles. The maximum Gasteiger partial charge on any atom is 0.271 e. The quantitative estimate of drug-likeness (QED) is 0.577. The summed E-state index contributed by atoms with van der Waals surface area (Å²) < 4.78 is 0. The number of hydrogen-bond acceptors (Lipinski definition) is 2. The van der Waals surface area contributed by atoms with E-state index in [0.29, 0.717) is 21.3 Å². The third kappa shape index (κ3) is 4.60. The van der Waals surface area contributed by atoms with Crippen molar-refractivity contribution in [1.29, 1.82) is 0 Å². The van der Waals surface area contributed by atoms with E-state index >= 15 is 0 Å². The SMILES string of the molecule is O=C(NNC(=S)Nc1cccc(Cl)c1)c1ccccc1Cl. The van der Waals surface area contributed by atoms with Crippen LogP contribution >= 0.6 is 35.4 Å². The van der Waals surface area contributed by atoms with E-state index in [1.807, 2.05) is 0 Å². The van der Waals surface area contributed by atoms with Gasteiger partial charge in [-0.15, -0.1) is 0 Å². The third-order valence-corrected chi connectivity index (χ3v) is 3.26. The molecule has 0 aliphatic heterocycles. The molecule has 7 heteroatoms. The maximum absolute atomic E-state index is 11.9. The van der Waals surface area contributed by atoms with Crippen LogP contribution in [0.15, 0.2) is 48.5 Å². The molecule has 2 aromatic carbocycles. The lowest BCUT2D eigenvalue weighted by molar-refractivity contribution is 0.0944. The Morgan fingerprint density at radius 1 is 1.00 bits per heavy atom. The molecule has 2 aromatic rings. The number of thiocarbonyl (C=S) groups is 1. The molecule has 2 rings (SSSR count). The predicted octanol–water partition coefficient (Wildman–Crippen LogP) is 3.62. The van der Waals surface area contributed by atoms with Gasteiger partial charge in [0.2, 0.25) is 0 Å². The molecular weight excluding hydrogens is 329 g/mol. The second-order valence-electron chi connectivity index (χ2n) is 4.02. The zero-order valence-corrected chi connectivity index (χ0v) is 13.0. The first-order valence-corrected chi connectivity index (χ1v) is 7.10. The van der Waals surface area contributed by atoms with Crippen LogP contribution in [0.3, 0.4) is 0 Å². The first-order chi connectivity index (χ1) is 10.1. The Morgan fingerprint density at radius 3 is 2.48 bits per heavy atom. The number of nitrogens with one attached hydrogen (secondary N) is 3. The van der Waals surface area contributed by atoms with E-state index in [2.05, 4.69) is 16.2 Å². The lowest BCUT2D eigenvalue weighted by Crippen LogP contribution is -2.43. The first kappa shape index (κ1) is 15.6. The van der Waals surface area contributed by atoms with Gasteiger partial charge in [0.25, 0.3) is 5.91 Å². The Bertz CT molecular complexity index is 679. The zero-order valence-electron chi connectivity index (χ0n) is 10.7. The Morgan fingerprint density at radius 2 is 1.76 bits per heavy atom. The largest absolute Gasteiger partial charge is 0.331 e. The summed E-state index contributed by atoms with van der Waals surface area (Å²) in [5.41, 5.74) is 6.13. The minimum Gasteiger partial charge on any atom is -0.331 e. The minimum absolute atomic E-state index is 0.234. The van der Waals surface area contributed by atoms with Gasteiger partial charge < -0.3 is 5.32 Å². The molecule has 4 nitrogen and oxygen atoms in total. The van der Waals surface area contributed by atoms with Gasteiger partial charge in [0.05, 0.1) is 10.6 Å². The van der Waals surface area contributed by atoms with Gasteiger partial charge in [-0.3, -0.25) is 15.6 Å². The number of hydrogen-bond donors (Lipinski definition) is 3. The van der Waals surface area contributed by atoms with Gasteiger partial charge >= 0.3 is 0 Å². The van der Waals surface area contributed by atoms with Gasteiger partial charge in [-0.25, -0.2) is 0 Å². The van der Waals surface area contributed by atoms with E-state index in [0.717, 1.165) is 0 Å². The summed E-state index contributed by atoms with van der Waals surface area (Å²) in [6.07, 6.45) is 0. The fraction of sp³-hybridized carbons (Fsp3) is 0. The summed E-state index contributed by atoms with van der Waals surface area (Å²) in [5, 5.41) is 4.08. The molecule has 0 aromatic heterocycles. The van der Waals surface area contributed by atoms with Crippen molar-refractivity contribution >= 4 is 52.1 Å². The summed E-state index contributed by atoms with van der Waals surface area (Å²) in [5.74, 6) is -0.379. The Hall–Kier alpha value is -1.82. The van der Waals surface area contributed by atoms with Gasteiger partial charge in [0, 0.05) is 10.7 Å². The number of halogens is 2. The highest BCUT2D eigenvalue weighted by molar-refractivity contribution is 7.80. The molecule has 108 valence electrons. The molecule has 21 heavy (non-hydrogen) atoms. The van der Waals surface area contributed by atoms with Gasteiger partial charge in [-0.05, 0) is 42.5 Å². The smallest absolute Gasteiger partial charge is 0.271 e. The maximum atomic E-state index is 11.9. The highest BCUT2D eigenvalue weighted by atomic mass is 35.5. The van der Waals surface area contributed by atoms with E-state index in [1.54, 1.807) is 48.5 Å². The van der Waals surface area contributed by atoms with Crippen LogP contribution in [0.1, 0.15) is 10.4 Å². The molecule has 0 bridgehead atoms.